The molecule has 0 aromatic carbocycles. The van der Waals surface area contributed by atoms with Crippen LogP contribution in [-0.2, 0) is 6.42 Å². The van der Waals surface area contributed by atoms with Crippen molar-refractivity contribution in [3.63, 3.8) is 0 Å². The number of hydrogen-bond acceptors (Lipinski definition) is 5. The van der Waals surface area contributed by atoms with Crippen LogP contribution in [0.25, 0.3) is 0 Å². The first-order valence-corrected chi connectivity index (χ1v) is 8.86. The molecule has 0 saturated heterocycles. The van der Waals surface area contributed by atoms with E-state index in [1.54, 1.807) is 6.33 Å². The van der Waals surface area contributed by atoms with Crippen LogP contribution in [-0.4, -0.2) is 34.6 Å². The minimum atomic E-state index is 0.677. The van der Waals surface area contributed by atoms with Gasteiger partial charge in [0.15, 0.2) is 0 Å². The highest BCUT2D eigenvalue weighted by molar-refractivity contribution is 7.99. The van der Waals surface area contributed by atoms with Crippen molar-refractivity contribution in [2.75, 3.05) is 30.0 Å². The van der Waals surface area contributed by atoms with E-state index < -0.39 is 0 Å². The van der Waals surface area contributed by atoms with Crippen molar-refractivity contribution in [1.29, 1.82) is 0 Å². The average Bonchev–Trinajstić information content (AvgIpc) is 2.47. The smallest absolute Gasteiger partial charge is 0.134 e. The van der Waals surface area contributed by atoms with E-state index in [0.717, 1.165) is 50.4 Å². The van der Waals surface area contributed by atoms with Crippen LogP contribution in [0.4, 0.5) is 11.6 Å². The molecule has 0 aliphatic carbocycles. The maximum atomic E-state index is 4.42. The Morgan fingerprint density at radius 2 is 1.75 bits per heavy atom. The molecule has 20 heavy (non-hydrogen) atoms. The van der Waals surface area contributed by atoms with Crippen molar-refractivity contribution < 1.29 is 0 Å². The van der Waals surface area contributed by atoms with Gasteiger partial charge in [0.25, 0.3) is 0 Å². The van der Waals surface area contributed by atoms with Gasteiger partial charge in [-0.15, -0.1) is 0 Å². The molecule has 1 atom stereocenters. The Morgan fingerprint density at radius 1 is 1.10 bits per heavy atom. The second-order valence-corrected chi connectivity index (χ2v) is 6.26. The second-order valence-electron chi connectivity index (χ2n) is 4.99. The van der Waals surface area contributed by atoms with Crippen LogP contribution in [0.3, 0.4) is 0 Å². The number of aromatic nitrogens is 2. The Kier molecular flexibility index (Phi) is 8.42. The summed E-state index contributed by atoms with van der Waals surface area (Å²) in [5.41, 5.74) is 1.22. The van der Waals surface area contributed by atoms with E-state index in [4.69, 9.17) is 0 Å². The van der Waals surface area contributed by atoms with Crippen LogP contribution in [0.5, 0.6) is 0 Å². The van der Waals surface area contributed by atoms with Crippen LogP contribution in [0.15, 0.2) is 6.33 Å². The summed E-state index contributed by atoms with van der Waals surface area (Å²) in [5.74, 6) is 1.98. The van der Waals surface area contributed by atoms with Crippen LogP contribution >= 0.6 is 11.8 Å². The summed E-state index contributed by atoms with van der Waals surface area (Å²) >= 11 is 1.90. The Balaban J connectivity index is 2.72. The maximum absolute atomic E-state index is 4.42. The normalized spacial score (nSPS) is 12.2. The van der Waals surface area contributed by atoms with Gasteiger partial charge in [-0.2, -0.15) is 11.8 Å². The number of anilines is 2. The van der Waals surface area contributed by atoms with Gasteiger partial charge in [0.2, 0.25) is 0 Å². The highest BCUT2D eigenvalue weighted by Crippen LogP contribution is 2.22. The number of rotatable bonds is 10. The molecule has 0 aliphatic rings. The first kappa shape index (κ1) is 17.1. The molecule has 1 rings (SSSR count). The highest BCUT2D eigenvalue weighted by atomic mass is 32.2. The van der Waals surface area contributed by atoms with E-state index in [9.17, 15) is 0 Å². The lowest BCUT2D eigenvalue weighted by Crippen LogP contribution is -2.13. The molecule has 0 fully saturated rings. The average molecular weight is 296 g/mol. The van der Waals surface area contributed by atoms with E-state index in [1.807, 2.05) is 11.8 Å². The fourth-order valence-electron chi connectivity index (χ4n) is 1.96. The molecular formula is C15H28N4S. The van der Waals surface area contributed by atoms with Gasteiger partial charge in [-0.1, -0.05) is 27.2 Å². The molecule has 4 nitrogen and oxygen atoms in total. The van der Waals surface area contributed by atoms with Crippen molar-refractivity contribution in [2.24, 2.45) is 0 Å². The third-order valence-electron chi connectivity index (χ3n) is 3.23. The van der Waals surface area contributed by atoms with Gasteiger partial charge in [-0.05, 0) is 25.5 Å². The van der Waals surface area contributed by atoms with E-state index in [0.29, 0.717) is 5.25 Å². The summed E-state index contributed by atoms with van der Waals surface area (Å²) in [5, 5.41) is 7.56. The molecule has 0 aliphatic heterocycles. The predicted octanol–water partition coefficient (Wildman–Crippen LogP) is 3.80. The number of nitrogens with zero attached hydrogens (tertiary/aromatic N) is 2. The number of hydrogen-bond donors (Lipinski definition) is 2. The predicted molar refractivity (Wildman–Crippen MR) is 90.9 cm³/mol. The Morgan fingerprint density at radius 3 is 2.30 bits per heavy atom. The van der Waals surface area contributed by atoms with E-state index in [2.05, 4.69) is 47.6 Å². The van der Waals surface area contributed by atoms with Crippen molar-refractivity contribution in [1.82, 2.24) is 9.97 Å². The van der Waals surface area contributed by atoms with E-state index >= 15 is 0 Å². The summed E-state index contributed by atoms with van der Waals surface area (Å²) in [6.07, 6.45) is 8.16. The van der Waals surface area contributed by atoms with Crippen molar-refractivity contribution in [3.05, 3.63) is 11.9 Å². The minimum Gasteiger partial charge on any atom is -0.370 e. The maximum Gasteiger partial charge on any atom is 0.134 e. The molecule has 1 unspecified atom stereocenters. The third-order valence-corrected chi connectivity index (χ3v) is 4.27. The van der Waals surface area contributed by atoms with Gasteiger partial charge in [0.05, 0.1) is 0 Å². The quantitative estimate of drug-likeness (QED) is 0.687. The van der Waals surface area contributed by atoms with Gasteiger partial charge in [-0.25, -0.2) is 9.97 Å². The molecule has 0 amide bonds. The third kappa shape index (κ3) is 5.57. The topological polar surface area (TPSA) is 49.8 Å². The molecule has 1 heterocycles. The van der Waals surface area contributed by atoms with Crippen LogP contribution in [0.2, 0.25) is 0 Å². The first-order chi connectivity index (χ1) is 9.72. The molecule has 0 radical (unpaired) electrons. The molecule has 5 heteroatoms. The highest BCUT2D eigenvalue weighted by Gasteiger charge is 2.10. The van der Waals surface area contributed by atoms with Gasteiger partial charge in [0, 0.05) is 23.9 Å². The number of thioether (sulfide) groups is 1. The molecular weight excluding hydrogens is 268 g/mol. The zero-order valence-corrected chi connectivity index (χ0v) is 14.0. The van der Waals surface area contributed by atoms with Gasteiger partial charge in [0.1, 0.15) is 18.0 Å². The second kappa shape index (κ2) is 9.86. The molecule has 0 saturated carbocycles. The van der Waals surface area contributed by atoms with Gasteiger partial charge < -0.3 is 10.6 Å². The number of nitrogens with one attached hydrogen (secondary N) is 2. The summed E-state index contributed by atoms with van der Waals surface area (Å²) in [4.78, 5) is 8.81. The Hall–Kier alpha value is -0.970. The van der Waals surface area contributed by atoms with Gasteiger partial charge in [-0.3, -0.25) is 0 Å². The lowest BCUT2D eigenvalue weighted by atomic mass is 10.1. The summed E-state index contributed by atoms with van der Waals surface area (Å²) in [6.45, 7) is 8.53. The largest absolute Gasteiger partial charge is 0.370 e. The van der Waals surface area contributed by atoms with Gasteiger partial charge >= 0.3 is 0 Å². The molecule has 0 bridgehead atoms. The van der Waals surface area contributed by atoms with Crippen LogP contribution in [0.1, 0.15) is 45.6 Å². The fourth-order valence-corrected chi connectivity index (χ4v) is 2.31. The van der Waals surface area contributed by atoms with Crippen molar-refractivity contribution in [3.8, 4) is 0 Å². The van der Waals surface area contributed by atoms with Crippen molar-refractivity contribution >= 4 is 23.4 Å². The Bertz CT molecular complexity index is 384. The summed E-state index contributed by atoms with van der Waals surface area (Å²) in [7, 11) is 0. The molecule has 0 spiro atoms. The first-order valence-electron chi connectivity index (χ1n) is 7.57. The lowest BCUT2D eigenvalue weighted by molar-refractivity contribution is 0.838. The minimum absolute atomic E-state index is 0.677. The molecule has 1 aromatic rings. The zero-order valence-electron chi connectivity index (χ0n) is 13.2. The zero-order chi connectivity index (χ0) is 14.8. The van der Waals surface area contributed by atoms with Crippen molar-refractivity contribution in [2.45, 2.75) is 51.7 Å². The SMILES string of the molecule is CCCNc1ncnc(NCCC(C)SC)c1CCC. The van der Waals surface area contributed by atoms with E-state index in [1.165, 1.54) is 5.56 Å². The molecule has 1 aromatic heterocycles. The standard InChI is InChI=1S/C15H28N4S/c1-5-7-13-14(16-9-6-2)18-11-19-15(13)17-10-8-12(3)20-4/h11-12H,5-10H2,1-4H3,(H2,16,17,18,19). The van der Waals surface area contributed by atoms with Crippen LogP contribution < -0.4 is 10.6 Å². The summed E-state index contributed by atoms with van der Waals surface area (Å²) in [6, 6.07) is 0. The lowest BCUT2D eigenvalue weighted by Gasteiger charge is -2.15. The summed E-state index contributed by atoms with van der Waals surface area (Å²) < 4.78 is 0. The monoisotopic (exact) mass is 296 g/mol. The molecule has 2 N–H and O–H groups in total. The van der Waals surface area contributed by atoms with E-state index in [-0.39, 0.29) is 0 Å². The fraction of sp³-hybridized carbons (Fsp3) is 0.733. The Labute approximate surface area is 127 Å². The molecule has 114 valence electrons. The van der Waals surface area contributed by atoms with Crippen LogP contribution in [0, 0.1) is 0 Å².